The molecule has 2 unspecified atom stereocenters. The number of hydrogen-bond donors (Lipinski definition) is 1. The van der Waals surface area contributed by atoms with Crippen LogP contribution in [-0.4, -0.2) is 49.9 Å². The zero-order valence-corrected chi connectivity index (χ0v) is 21.7. The van der Waals surface area contributed by atoms with Crippen LogP contribution in [0.3, 0.4) is 0 Å². The Morgan fingerprint density at radius 1 is 1.19 bits per heavy atom. The van der Waals surface area contributed by atoms with Gasteiger partial charge in [-0.3, -0.25) is 9.69 Å². The van der Waals surface area contributed by atoms with Crippen molar-refractivity contribution in [2.24, 2.45) is 0 Å². The maximum Gasteiger partial charge on any atom is 0.252 e. The first kappa shape index (κ1) is 25.1. The highest BCUT2D eigenvalue weighted by molar-refractivity contribution is 5.79. The average molecular weight is 503 g/mol. The Hall–Kier alpha value is -3.56. The number of pyridine rings is 1. The number of fused-ring (bicyclic) bond motifs is 1. The lowest BCUT2D eigenvalue weighted by molar-refractivity contribution is 0.0887. The lowest BCUT2D eigenvalue weighted by Crippen LogP contribution is -2.33. The highest BCUT2D eigenvalue weighted by Crippen LogP contribution is 2.29. The highest BCUT2D eigenvalue weighted by atomic mass is 16.5. The van der Waals surface area contributed by atoms with E-state index in [1.54, 1.807) is 7.11 Å². The summed E-state index contributed by atoms with van der Waals surface area (Å²) < 4.78 is 13.4. The number of hydrogen-bond acceptors (Lipinski definition) is 7. The van der Waals surface area contributed by atoms with Crippen LogP contribution in [-0.2, 0) is 24.4 Å². The van der Waals surface area contributed by atoms with Gasteiger partial charge < -0.3 is 14.5 Å². The van der Waals surface area contributed by atoms with Gasteiger partial charge in [-0.25, -0.2) is 4.68 Å². The van der Waals surface area contributed by atoms with Gasteiger partial charge in [0.05, 0.1) is 25.8 Å². The first-order valence-corrected chi connectivity index (χ1v) is 12.9. The van der Waals surface area contributed by atoms with E-state index in [1.165, 1.54) is 0 Å². The van der Waals surface area contributed by atoms with Crippen LogP contribution >= 0.6 is 0 Å². The molecule has 1 aliphatic rings. The van der Waals surface area contributed by atoms with Crippen LogP contribution in [0.1, 0.15) is 54.7 Å². The molecular formula is C28H34N6O3. The van der Waals surface area contributed by atoms with E-state index in [0.717, 1.165) is 59.5 Å². The molecule has 1 saturated heterocycles. The highest BCUT2D eigenvalue weighted by Gasteiger charge is 2.28. The molecular weight excluding hydrogens is 468 g/mol. The third-order valence-electron chi connectivity index (χ3n) is 7.10. The third-order valence-corrected chi connectivity index (χ3v) is 7.10. The lowest BCUT2D eigenvalue weighted by atomic mass is 10.1. The van der Waals surface area contributed by atoms with Crippen molar-refractivity contribution in [3.63, 3.8) is 0 Å². The summed E-state index contributed by atoms with van der Waals surface area (Å²) >= 11 is 0. The molecule has 1 aliphatic heterocycles. The summed E-state index contributed by atoms with van der Waals surface area (Å²) in [7, 11) is 1.68. The predicted octanol–water partition coefficient (Wildman–Crippen LogP) is 4.16. The maximum atomic E-state index is 13.2. The van der Waals surface area contributed by atoms with Crippen LogP contribution < -0.4 is 10.3 Å². The molecule has 1 N–H and O–H groups in total. The predicted molar refractivity (Wildman–Crippen MR) is 141 cm³/mol. The van der Waals surface area contributed by atoms with Crippen molar-refractivity contribution in [1.82, 2.24) is 30.1 Å². The molecule has 3 heterocycles. The second kappa shape index (κ2) is 11.2. The normalized spacial score (nSPS) is 16.5. The summed E-state index contributed by atoms with van der Waals surface area (Å²) in [5.41, 5.74) is 3.63. The number of para-hydroxylation sites is 1. The molecule has 2 atom stereocenters. The second-order valence-electron chi connectivity index (χ2n) is 9.71. The molecule has 0 spiro atoms. The summed E-state index contributed by atoms with van der Waals surface area (Å²) in [5, 5.41) is 13.8. The number of aromatic nitrogens is 5. The van der Waals surface area contributed by atoms with E-state index in [2.05, 4.69) is 51.4 Å². The van der Waals surface area contributed by atoms with Crippen LogP contribution in [0, 0.1) is 6.92 Å². The van der Waals surface area contributed by atoms with Crippen LogP contribution in [0.2, 0.25) is 0 Å². The van der Waals surface area contributed by atoms with Crippen molar-refractivity contribution >= 4 is 10.9 Å². The molecule has 5 rings (SSSR count). The van der Waals surface area contributed by atoms with E-state index < -0.39 is 0 Å². The van der Waals surface area contributed by atoms with Gasteiger partial charge in [0.15, 0.2) is 5.82 Å². The minimum Gasteiger partial charge on any atom is -0.496 e. The Balaban J connectivity index is 1.52. The van der Waals surface area contributed by atoms with Gasteiger partial charge in [0.25, 0.3) is 5.56 Å². The van der Waals surface area contributed by atoms with Crippen molar-refractivity contribution in [3.8, 4) is 5.75 Å². The van der Waals surface area contributed by atoms with Crippen LogP contribution in [0.5, 0.6) is 5.75 Å². The summed E-state index contributed by atoms with van der Waals surface area (Å²) in [6.45, 7) is 6.59. The van der Waals surface area contributed by atoms with E-state index in [-0.39, 0.29) is 17.7 Å². The monoisotopic (exact) mass is 502 g/mol. The van der Waals surface area contributed by atoms with Gasteiger partial charge in [-0.2, -0.15) is 0 Å². The van der Waals surface area contributed by atoms with Gasteiger partial charge >= 0.3 is 0 Å². The van der Waals surface area contributed by atoms with Crippen LogP contribution in [0.4, 0.5) is 0 Å². The molecule has 2 aromatic heterocycles. The topological polar surface area (TPSA) is 98.2 Å². The Kier molecular flexibility index (Phi) is 7.62. The Bertz CT molecular complexity index is 1410. The standard InChI is InChI=1S/C28H34N6O3/c1-4-25(27-30-31-32-34(27)18-23-9-7-13-37-23)33(16-20-8-5-6-10-26(20)36-3)17-22-15-21-14-19(2)11-12-24(21)29-28(22)35/h5-6,8,10-12,14-15,23,25H,4,7,9,13,16-18H2,1-3H3,(H,29,35). The number of nitrogens with one attached hydrogen (secondary N) is 1. The van der Waals surface area contributed by atoms with Gasteiger partial charge in [0.1, 0.15) is 5.75 Å². The number of aromatic amines is 1. The van der Waals surface area contributed by atoms with Crippen LogP contribution in [0.15, 0.2) is 53.3 Å². The van der Waals surface area contributed by atoms with Crippen LogP contribution in [0.25, 0.3) is 10.9 Å². The zero-order valence-electron chi connectivity index (χ0n) is 21.7. The van der Waals surface area contributed by atoms with E-state index >= 15 is 0 Å². The van der Waals surface area contributed by atoms with E-state index in [4.69, 9.17) is 9.47 Å². The number of nitrogens with zero attached hydrogens (tertiary/aromatic N) is 5. The fourth-order valence-corrected chi connectivity index (χ4v) is 5.20. The number of H-pyrrole nitrogens is 1. The van der Waals surface area contributed by atoms with E-state index in [1.807, 2.05) is 41.1 Å². The number of aryl methyl sites for hydroxylation is 1. The quantitative estimate of drug-likeness (QED) is 0.348. The maximum absolute atomic E-state index is 13.2. The molecule has 1 fully saturated rings. The van der Waals surface area contributed by atoms with Crippen molar-refractivity contribution in [3.05, 3.63) is 81.4 Å². The van der Waals surface area contributed by atoms with Crippen molar-refractivity contribution in [1.29, 1.82) is 0 Å². The summed E-state index contributed by atoms with van der Waals surface area (Å²) in [4.78, 5) is 18.5. The van der Waals surface area contributed by atoms with Crippen molar-refractivity contribution in [2.45, 2.75) is 64.9 Å². The molecule has 9 nitrogen and oxygen atoms in total. The summed E-state index contributed by atoms with van der Waals surface area (Å²) in [6, 6.07) is 15.9. The van der Waals surface area contributed by atoms with Gasteiger partial charge in [0, 0.05) is 36.3 Å². The second-order valence-corrected chi connectivity index (χ2v) is 9.71. The van der Waals surface area contributed by atoms with Crippen molar-refractivity contribution < 1.29 is 9.47 Å². The van der Waals surface area contributed by atoms with Crippen molar-refractivity contribution in [2.75, 3.05) is 13.7 Å². The lowest BCUT2D eigenvalue weighted by Gasteiger charge is -2.31. The molecule has 0 saturated carbocycles. The first-order chi connectivity index (χ1) is 18.1. The van der Waals surface area contributed by atoms with Gasteiger partial charge in [0.2, 0.25) is 0 Å². The average Bonchev–Trinajstić information content (AvgIpc) is 3.58. The van der Waals surface area contributed by atoms with Gasteiger partial charge in [-0.05, 0) is 66.3 Å². The molecule has 37 heavy (non-hydrogen) atoms. The number of ether oxygens (including phenoxy) is 2. The molecule has 0 bridgehead atoms. The number of rotatable bonds is 10. The summed E-state index contributed by atoms with van der Waals surface area (Å²) in [6.07, 6.45) is 2.95. The van der Waals surface area contributed by atoms with E-state index in [0.29, 0.717) is 25.2 Å². The van der Waals surface area contributed by atoms with Gasteiger partial charge in [-0.15, -0.1) is 5.10 Å². The fourth-order valence-electron chi connectivity index (χ4n) is 5.20. The molecule has 9 heteroatoms. The molecule has 0 aliphatic carbocycles. The van der Waals surface area contributed by atoms with E-state index in [9.17, 15) is 4.79 Å². The third kappa shape index (κ3) is 5.57. The fraction of sp³-hybridized carbons (Fsp3) is 0.429. The molecule has 2 aromatic carbocycles. The first-order valence-electron chi connectivity index (χ1n) is 12.9. The molecule has 0 radical (unpaired) electrons. The Morgan fingerprint density at radius 3 is 2.81 bits per heavy atom. The smallest absolute Gasteiger partial charge is 0.252 e. The van der Waals surface area contributed by atoms with Gasteiger partial charge in [-0.1, -0.05) is 36.8 Å². The minimum absolute atomic E-state index is 0.0878. The zero-order chi connectivity index (χ0) is 25.8. The Labute approximate surface area is 216 Å². The SMILES string of the molecule is CCC(c1nnnn1CC1CCCO1)N(Cc1ccccc1OC)Cc1cc2cc(C)ccc2[nH]c1=O. The molecule has 194 valence electrons. The minimum atomic E-state index is -0.117. The Morgan fingerprint density at radius 2 is 2.03 bits per heavy atom. The molecule has 0 amide bonds. The number of benzene rings is 2. The molecule has 4 aromatic rings. The number of tetrazole rings is 1. The largest absolute Gasteiger partial charge is 0.496 e. The summed E-state index contributed by atoms with van der Waals surface area (Å²) in [5.74, 6) is 1.59. The number of methoxy groups -OCH3 is 1.